The van der Waals surface area contributed by atoms with Gasteiger partial charge in [-0.05, 0) is 36.8 Å². The lowest BCUT2D eigenvalue weighted by Crippen LogP contribution is -2.33. The molecular weight excluding hydrogens is 358 g/mol. The zero-order valence-corrected chi connectivity index (χ0v) is 17.3. The van der Waals surface area contributed by atoms with E-state index in [9.17, 15) is 8.42 Å². The van der Waals surface area contributed by atoms with Crippen LogP contribution in [0.2, 0.25) is 0 Å². The first-order valence-electron chi connectivity index (χ1n) is 10.2. The molecule has 0 spiro atoms. The molecule has 6 heteroatoms. The Morgan fingerprint density at radius 1 is 1.00 bits per heavy atom. The summed E-state index contributed by atoms with van der Waals surface area (Å²) in [5.41, 5.74) is 8.63. The van der Waals surface area contributed by atoms with Gasteiger partial charge in [-0.2, -0.15) is 5.10 Å². The zero-order valence-electron chi connectivity index (χ0n) is 16.4. The lowest BCUT2D eigenvalue weighted by molar-refractivity contribution is 0.589. The maximum Gasteiger partial charge on any atom is 0.195 e. The van der Waals surface area contributed by atoms with Gasteiger partial charge in [0.25, 0.3) is 0 Å². The summed E-state index contributed by atoms with van der Waals surface area (Å²) in [6.45, 7) is 2.24. The largest absolute Gasteiger partial charge is 0.327 e. The van der Waals surface area contributed by atoms with Crippen LogP contribution in [0.1, 0.15) is 69.4 Å². The van der Waals surface area contributed by atoms with Crippen LogP contribution in [0.4, 0.5) is 0 Å². The minimum absolute atomic E-state index is 0.0642. The van der Waals surface area contributed by atoms with Crippen LogP contribution in [0.25, 0.3) is 0 Å². The summed E-state index contributed by atoms with van der Waals surface area (Å²) in [4.78, 5) is 0. The third kappa shape index (κ3) is 7.93. The number of aryl methyl sites for hydroxylation is 2. The highest BCUT2D eigenvalue weighted by atomic mass is 32.2. The second-order valence-corrected chi connectivity index (χ2v) is 9.44. The van der Waals surface area contributed by atoms with Crippen LogP contribution in [0.5, 0.6) is 0 Å². The molecule has 1 atom stereocenters. The predicted octanol–water partition coefficient (Wildman–Crippen LogP) is 4.05. The number of benzene rings is 1. The Labute approximate surface area is 164 Å². The van der Waals surface area contributed by atoms with Gasteiger partial charge in [-0.25, -0.2) is 8.42 Å². The number of nitrogens with two attached hydrogens (primary N) is 1. The molecule has 27 heavy (non-hydrogen) atoms. The van der Waals surface area contributed by atoms with Crippen LogP contribution in [-0.2, 0) is 22.7 Å². The number of sulfone groups is 1. The number of unbranched alkanes of at least 4 members (excludes halogenated alkanes) is 5. The highest BCUT2D eigenvalue weighted by molar-refractivity contribution is 8.06. The maximum absolute atomic E-state index is 12.2. The summed E-state index contributed by atoms with van der Waals surface area (Å²) in [6.07, 6.45) is 12.2. The van der Waals surface area contributed by atoms with E-state index in [2.05, 4.69) is 41.4 Å². The van der Waals surface area contributed by atoms with E-state index >= 15 is 0 Å². The van der Waals surface area contributed by atoms with E-state index in [4.69, 9.17) is 5.73 Å². The Bertz CT molecular complexity index is 724. The van der Waals surface area contributed by atoms with Gasteiger partial charge in [0, 0.05) is 18.7 Å². The van der Waals surface area contributed by atoms with Gasteiger partial charge in [-0.3, -0.25) is 0 Å². The summed E-state index contributed by atoms with van der Waals surface area (Å²) in [6, 6.07) is 8.27. The predicted molar refractivity (Wildman–Crippen MR) is 114 cm³/mol. The third-order valence-electron chi connectivity index (χ3n) is 4.96. The van der Waals surface area contributed by atoms with Crippen molar-refractivity contribution >= 4 is 21.1 Å². The molecule has 1 aromatic rings. The lowest BCUT2D eigenvalue weighted by atomic mass is 10.0. The van der Waals surface area contributed by atoms with E-state index in [0.29, 0.717) is 6.42 Å². The molecule has 0 bridgehead atoms. The standard InChI is InChI=1S/C21H33N3O2S/c1-2-3-4-5-6-7-8-18-9-11-19(12-10-18)13-14-20(22)17-27(25,26)21-15-16-23-24-21/h9-12,16,20H,2-8,13-15,17,22H2,1H3. The molecule has 1 aromatic carbocycles. The molecule has 0 radical (unpaired) electrons. The van der Waals surface area contributed by atoms with Crippen LogP contribution in [0, 0.1) is 0 Å². The third-order valence-corrected chi connectivity index (χ3v) is 6.79. The second-order valence-electron chi connectivity index (χ2n) is 7.41. The Balaban J connectivity index is 1.68. The molecule has 5 nitrogen and oxygen atoms in total. The van der Waals surface area contributed by atoms with Crippen molar-refractivity contribution in [2.45, 2.75) is 77.2 Å². The molecule has 0 saturated carbocycles. The van der Waals surface area contributed by atoms with E-state index in [-0.39, 0.29) is 23.3 Å². The summed E-state index contributed by atoms with van der Waals surface area (Å²) < 4.78 is 24.4. The average molecular weight is 392 g/mol. The quantitative estimate of drug-likeness (QED) is 0.545. The molecule has 0 aliphatic carbocycles. The number of hydrogen-bond acceptors (Lipinski definition) is 5. The number of nitrogens with zero attached hydrogens (tertiary/aromatic N) is 2. The fourth-order valence-electron chi connectivity index (χ4n) is 3.25. The fourth-order valence-corrected chi connectivity index (χ4v) is 4.67. The average Bonchev–Trinajstić information content (AvgIpc) is 3.19. The monoisotopic (exact) mass is 391 g/mol. The van der Waals surface area contributed by atoms with Crippen LogP contribution < -0.4 is 5.73 Å². The maximum atomic E-state index is 12.2. The van der Waals surface area contributed by atoms with Gasteiger partial charge in [0.15, 0.2) is 14.9 Å². The van der Waals surface area contributed by atoms with E-state index in [1.807, 2.05) is 0 Å². The van der Waals surface area contributed by atoms with Gasteiger partial charge in [0.05, 0.1) is 5.75 Å². The highest BCUT2D eigenvalue weighted by Gasteiger charge is 2.24. The minimum atomic E-state index is -3.39. The van der Waals surface area contributed by atoms with Crippen LogP contribution >= 0.6 is 0 Å². The van der Waals surface area contributed by atoms with Gasteiger partial charge in [-0.15, -0.1) is 5.10 Å². The van der Waals surface area contributed by atoms with Gasteiger partial charge in [0.1, 0.15) is 0 Å². The lowest BCUT2D eigenvalue weighted by Gasteiger charge is -2.12. The molecule has 1 heterocycles. The summed E-state index contributed by atoms with van der Waals surface area (Å²) >= 11 is 0. The molecule has 1 aliphatic heterocycles. The Kier molecular flexibility index (Phi) is 9.15. The van der Waals surface area contributed by atoms with Crippen molar-refractivity contribution < 1.29 is 8.42 Å². The van der Waals surface area contributed by atoms with Crippen molar-refractivity contribution in [3.63, 3.8) is 0 Å². The molecule has 0 amide bonds. The Hall–Kier alpha value is -1.53. The molecule has 150 valence electrons. The molecule has 2 rings (SSSR count). The smallest absolute Gasteiger partial charge is 0.195 e. The fraction of sp³-hybridized carbons (Fsp3) is 0.619. The van der Waals surface area contributed by atoms with Crippen molar-refractivity contribution in [3.05, 3.63) is 35.4 Å². The highest BCUT2D eigenvalue weighted by Crippen LogP contribution is 2.13. The first-order chi connectivity index (χ1) is 13.0. The topological polar surface area (TPSA) is 84.9 Å². The molecule has 0 fully saturated rings. The summed E-state index contributed by atoms with van der Waals surface area (Å²) in [7, 11) is -3.39. The summed E-state index contributed by atoms with van der Waals surface area (Å²) in [5, 5.41) is 7.43. The van der Waals surface area contributed by atoms with Gasteiger partial charge < -0.3 is 5.73 Å². The second kappa shape index (κ2) is 11.3. The molecule has 0 aromatic heterocycles. The van der Waals surface area contributed by atoms with Crippen LogP contribution in [-0.4, -0.2) is 31.5 Å². The Morgan fingerprint density at radius 3 is 2.26 bits per heavy atom. The first kappa shape index (κ1) is 21.8. The zero-order chi connectivity index (χ0) is 19.5. The van der Waals surface area contributed by atoms with E-state index < -0.39 is 9.84 Å². The SMILES string of the molecule is CCCCCCCCc1ccc(CCC(N)CS(=O)(=O)C2=NN=CC2)cc1. The number of hydrogen-bond donors (Lipinski definition) is 1. The molecular formula is C21H33N3O2S. The van der Waals surface area contributed by atoms with E-state index in [0.717, 1.165) is 12.8 Å². The molecule has 2 N–H and O–H groups in total. The van der Waals surface area contributed by atoms with Crippen molar-refractivity contribution in [2.24, 2.45) is 15.9 Å². The van der Waals surface area contributed by atoms with Crippen molar-refractivity contribution in [3.8, 4) is 0 Å². The van der Waals surface area contributed by atoms with E-state index in [1.54, 1.807) is 0 Å². The van der Waals surface area contributed by atoms with Gasteiger partial charge >= 0.3 is 0 Å². The van der Waals surface area contributed by atoms with Crippen molar-refractivity contribution in [2.75, 3.05) is 5.75 Å². The van der Waals surface area contributed by atoms with Crippen LogP contribution in [0.15, 0.2) is 34.5 Å². The summed E-state index contributed by atoms with van der Waals surface area (Å²) in [5.74, 6) is -0.0642. The van der Waals surface area contributed by atoms with Crippen molar-refractivity contribution in [1.29, 1.82) is 0 Å². The van der Waals surface area contributed by atoms with Crippen LogP contribution in [0.3, 0.4) is 0 Å². The first-order valence-corrected chi connectivity index (χ1v) is 11.8. The normalized spacial score (nSPS) is 15.1. The molecule has 0 saturated heterocycles. The number of rotatable bonds is 12. The minimum Gasteiger partial charge on any atom is -0.327 e. The van der Waals surface area contributed by atoms with Gasteiger partial charge in [-0.1, -0.05) is 63.3 Å². The van der Waals surface area contributed by atoms with Crippen molar-refractivity contribution in [1.82, 2.24) is 0 Å². The molecule has 1 unspecified atom stereocenters. The Morgan fingerprint density at radius 2 is 1.63 bits per heavy atom. The molecule has 1 aliphatic rings. The van der Waals surface area contributed by atoms with Gasteiger partial charge in [0.2, 0.25) is 0 Å². The van der Waals surface area contributed by atoms with E-state index in [1.165, 1.54) is 55.9 Å².